The molecule has 1 heterocycles. The highest BCUT2D eigenvalue weighted by molar-refractivity contribution is 5.75. The molecule has 0 saturated heterocycles. The third-order valence-corrected chi connectivity index (χ3v) is 3.22. The van der Waals surface area contributed by atoms with Crippen LogP contribution in [0.25, 0.3) is 0 Å². The van der Waals surface area contributed by atoms with Crippen molar-refractivity contribution in [2.24, 2.45) is 12.8 Å². The van der Waals surface area contributed by atoms with Gasteiger partial charge in [-0.25, -0.2) is 0 Å². The first kappa shape index (κ1) is 15.1. The zero-order valence-electron chi connectivity index (χ0n) is 12.4. The first-order valence-electron chi connectivity index (χ1n) is 6.78. The maximum Gasteiger partial charge on any atom is 0.231 e. The van der Waals surface area contributed by atoms with Crippen molar-refractivity contribution >= 4 is 11.6 Å². The maximum atomic E-state index is 11.3. The molecule has 6 nitrogen and oxygen atoms in total. The van der Waals surface area contributed by atoms with Crippen LogP contribution in [0.4, 0.5) is 5.69 Å². The normalized spacial score (nSPS) is 11.0. The van der Waals surface area contributed by atoms with Crippen LogP contribution in [-0.2, 0) is 24.9 Å². The average molecular weight is 287 g/mol. The van der Waals surface area contributed by atoms with Crippen LogP contribution >= 0.6 is 0 Å². The minimum Gasteiger partial charge on any atom is -0.399 e. The highest BCUT2D eigenvalue weighted by Gasteiger charge is 2.13. The van der Waals surface area contributed by atoms with E-state index in [1.165, 1.54) is 0 Å². The van der Waals surface area contributed by atoms with Crippen molar-refractivity contribution in [1.29, 1.82) is 0 Å². The standard InChI is InChI=1S/C15H21N5O/c1-11-6-14(19(2)18-11)9-20(10-15(17)21)8-12-4-3-5-13(16)7-12/h3-7H,8-10,16H2,1-2H3,(H2,17,21). The lowest BCUT2D eigenvalue weighted by molar-refractivity contribution is -0.119. The van der Waals surface area contributed by atoms with E-state index in [1.807, 2.05) is 53.9 Å². The number of hydrogen-bond acceptors (Lipinski definition) is 4. The van der Waals surface area contributed by atoms with Crippen LogP contribution in [0.2, 0.25) is 0 Å². The number of carbonyl (C=O) groups excluding carboxylic acids is 1. The summed E-state index contributed by atoms with van der Waals surface area (Å²) in [4.78, 5) is 13.3. The smallest absolute Gasteiger partial charge is 0.231 e. The highest BCUT2D eigenvalue weighted by Crippen LogP contribution is 2.13. The molecule has 6 heteroatoms. The molecule has 0 atom stereocenters. The summed E-state index contributed by atoms with van der Waals surface area (Å²) in [5.74, 6) is -0.349. The van der Waals surface area contributed by atoms with Gasteiger partial charge in [0.15, 0.2) is 0 Å². The third-order valence-electron chi connectivity index (χ3n) is 3.22. The molecule has 2 aromatic rings. The molecule has 0 bridgehead atoms. The molecule has 1 aromatic heterocycles. The fourth-order valence-electron chi connectivity index (χ4n) is 2.38. The number of nitrogen functional groups attached to an aromatic ring is 1. The van der Waals surface area contributed by atoms with Crippen molar-refractivity contribution < 1.29 is 4.79 Å². The summed E-state index contributed by atoms with van der Waals surface area (Å²) in [5.41, 5.74) is 14.9. The Balaban J connectivity index is 2.14. The Labute approximate surface area is 124 Å². The van der Waals surface area contributed by atoms with Gasteiger partial charge in [0.25, 0.3) is 0 Å². The molecule has 0 fully saturated rings. The van der Waals surface area contributed by atoms with Crippen molar-refractivity contribution in [3.05, 3.63) is 47.3 Å². The zero-order chi connectivity index (χ0) is 15.4. The molecule has 112 valence electrons. The van der Waals surface area contributed by atoms with Gasteiger partial charge >= 0.3 is 0 Å². The molecule has 1 aromatic carbocycles. The second-order valence-corrected chi connectivity index (χ2v) is 5.26. The van der Waals surface area contributed by atoms with E-state index in [2.05, 4.69) is 5.10 Å². The Kier molecular flexibility index (Phi) is 4.59. The van der Waals surface area contributed by atoms with E-state index in [1.54, 1.807) is 0 Å². The molecule has 0 unspecified atom stereocenters. The number of carbonyl (C=O) groups is 1. The highest BCUT2D eigenvalue weighted by atomic mass is 16.1. The number of nitrogens with two attached hydrogens (primary N) is 2. The van der Waals surface area contributed by atoms with Gasteiger partial charge in [-0.3, -0.25) is 14.4 Å². The first-order valence-corrected chi connectivity index (χ1v) is 6.78. The number of hydrogen-bond donors (Lipinski definition) is 2. The van der Waals surface area contributed by atoms with Crippen molar-refractivity contribution in [1.82, 2.24) is 14.7 Å². The van der Waals surface area contributed by atoms with Crippen LogP contribution < -0.4 is 11.5 Å². The number of nitrogens with zero attached hydrogens (tertiary/aromatic N) is 3. The van der Waals surface area contributed by atoms with E-state index in [9.17, 15) is 4.79 Å². The third kappa shape index (κ3) is 4.32. The molecule has 0 radical (unpaired) electrons. The summed E-state index contributed by atoms with van der Waals surface area (Å²) in [6.07, 6.45) is 0. The molecular weight excluding hydrogens is 266 g/mol. The second kappa shape index (κ2) is 6.41. The van der Waals surface area contributed by atoms with Crippen molar-refractivity contribution in [2.45, 2.75) is 20.0 Å². The molecule has 1 amide bonds. The number of anilines is 1. The lowest BCUT2D eigenvalue weighted by Crippen LogP contribution is -2.33. The van der Waals surface area contributed by atoms with Crippen LogP contribution in [0, 0.1) is 6.92 Å². The molecule has 0 aliphatic carbocycles. The number of benzene rings is 1. The van der Waals surface area contributed by atoms with E-state index in [0.717, 1.165) is 17.0 Å². The summed E-state index contributed by atoms with van der Waals surface area (Å²) in [5, 5.41) is 4.32. The summed E-state index contributed by atoms with van der Waals surface area (Å²) in [6, 6.07) is 9.64. The van der Waals surface area contributed by atoms with E-state index in [0.29, 0.717) is 18.8 Å². The molecule has 0 spiro atoms. The number of rotatable bonds is 6. The number of amides is 1. The van der Waals surface area contributed by atoms with Gasteiger partial charge in [0.05, 0.1) is 17.9 Å². The molecule has 0 aliphatic heterocycles. The summed E-state index contributed by atoms with van der Waals surface area (Å²) in [6.45, 7) is 3.35. The minimum atomic E-state index is -0.349. The maximum absolute atomic E-state index is 11.3. The second-order valence-electron chi connectivity index (χ2n) is 5.26. The fourth-order valence-corrected chi connectivity index (χ4v) is 2.38. The predicted molar refractivity (Wildman–Crippen MR) is 82.1 cm³/mol. The van der Waals surface area contributed by atoms with Gasteiger partial charge in [-0.1, -0.05) is 12.1 Å². The van der Waals surface area contributed by atoms with Crippen molar-refractivity contribution in [2.75, 3.05) is 12.3 Å². The SMILES string of the molecule is Cc1cc(CN(CC(N)=O)Cc2cccc(N)c2)n(C)n1. The van der Waals surface area contributed by atoms with Crippen LogP contribution in [0.3, 0.4) is 0 Å². The molecule has 2 rings (SSSR count). The topological polar surface area (TPSA) is 90.2 Å². The van der Waals surface area contributed by atoms with Gasteiger partial charge in [-0.05, 0) is 30.7 Å². The van der Waals surface area contributed by atoms with Gasteiger partial charge in [0.1, 0.15) is 0 Å². The van der Waals surface area contributed by atoms with Gasteiger partial charge in [-0.15, -0.1) is 0 Å². The van der Waals surface area contributed by atoms with E-state index < -0.39 is 0 Å². The van der Waals surface area contributed by atoms with Crippen LogP contribution in [0.15, 0.2) is 30.3 Å². The first-order chi connectivity index (χ1) is 9.94. The molecule has 0 saturated carbocycles. The predicted octanol–water partition coefficient (Wildman–Crippen LogP) is 0.798. The Bertz CT molecular complexity index is 635. The fraction of sp³-hybridized carbons (Fsp3) is 0.333. The number of aromatic nitrogens is 2. The monoisotopic (exact) mass is 287 g/mol. The van der Waals surface area contributed by atoms with E-state index in [4.69, 9.17) is 11.5 Å². The van der Waals surface area contributed by atoms with Gasteiger partial charge < -0.3 is 11.5 Å². The Morgan fingerprint density at radius 1 is 1.33 bits per heavy atom. The quantitative estimate of drug-likeness (QED) is 0.769. The summed E-state index contributed by atoms with van der Waals surface area (Å²) < 4.78 is 1.82. The van der Waals surface area contributed by atoms with Crippen molar-refractivity contribution in [3.63, 3.8) is 0 Å². The minimum absolute atomic E-state index is 0.193. The number of primary amides is 1. The molecule has 21 heavy (non-hydrogen) atoms. The van der Waals surface area contributed by atoms with Gasteiger partial charge in [0.2, 0.25) is 5.91 Å². The Morgan fingerprint density at radius 2 is 2.10 bits per heavy atom. The average Bonchev–Trinajstić information content (AvgIpc) is 2.66. The van der Waals surface area contributed by atoms with Crippen LogP contribution in [0.5, 0.6) is 0 Å². The lowest BCUT2D eigenvalue weighted by atomic mass is 10.2. The molecular formula is C15H21N5O. The zero-order valence-corrected chi connectivity index (χ0v) is 12.4. The van der Waals surface area contributed by atoms with E-state index in [-0.39, 0.29) is 12.5 Å². The Morgan fingerprint density at radius 3 is 2.67 bits per heavy atom. The lowest BCUT2D eigenvalue weighted by Gasteiger charge is -2.21. The molecule has 4 N–H and O–H groups in total. The van der Waals surface area contributed by atoms with Gasteiger partial charge in [-0.2, -0.15) is 5.10 Å². The Hall–Kier alpha value is -2.34. The van der Waals surface area contributed by atoms with E-state index >= 15 is 0 Å². The van der Waals surface area contributed by atoms with Crippen LogP contribution in [-0.4, -0.2) is 27.1 Å². The largest absolute Gasteiger partial charge is 0.399 e. The summed E-state index contributed by atoms with van der Waals surface area (Å²) in [7, 11) is 1.89. The van der Waals surface area contributed by atoms with Crippen molar-refractivity contribution in [3.8, 4) is 0 Å². The molecule has 0 aliphatic rings. The number of aryl methyl sites for hydroxylation is 2. The summed E-state index contributed by atoms with van der Waals surface area (Å²) >= 11 is 0. The van der Waals surface area contributed by atoms with Crippen LogP contribution in [0.1, 0.15) is 17.0 Å². The van der Waals surface area contributed by atoms with Gasteiger partial charge in [0, 0.05) is 25.8 Å².